The van der Waals surface area contributed by atoms with Gasteiger partial charge in [-0.3, -0.25) is 0 Å². The average molecular weight is 195 g/mol. The van der Waals surface area contributed by atoms with Gasteiger partial charge in [0.2, 0.25) is 0 Å². The maximum Gasteiger partial charge on any atom is 0.125 e. The number of pyridine rings is 1. The Bertz CT molecular complexity index is 278. The van der Waals surface area contributed by atoms with Gasteiger partial charge in [-0.15, -0.1) is 0 Å². The number of anilines is 2. The average Bonchev–Trinajstić information content (AvgIpc) is 2.18. The minimum atomic E-state index is 0.547. The Morgan fingerprint density at radius 3 is 3.00 bits per heavy atom. The highest BCUT2D eigenvalue weighted by molar-refractivity contribution is 5.51. The van der Waals surface area contributed by atoms with Crippen molar-refractivity contribution < 1.29 is 4.74 Å². The zero-order valence-corrected chi connectivity index (χ0v) is 8.73. The van der Waals surface area contributed by atoms with E-state index in [1.807, 2.05) is 26.1 Å². The summed E-state index contributed by atoms with van der Waals surface area (Å²) < 4.78 is 5.27. The van der Waals surface area contributed by atoms with Crippen LogP contribution in [0.15, 0.2) is 18.3 Å². The molecule has 0 bridgehead atoms. The fourth-order valence-corrected chi connectivity index (χ4v) is 1.15. The third-order valence-corrected chi connectivity index (χ3v) is 1.98. The molecule has 1 aromatic heterocycles. The minimum absolute atomic E-state index is 0.547. The second-order valence-electron chi connectivity index (χ2n) is 3.06. The molecule has 78 valence electrons. The van der Waals surface area contributed by atoms with Gasteiger partial charge in [-0.25, -0.2) is 4.98 Å². The molecule has 0 saturated heterocycles. The van der Waals surface area contributed by atoms with Crippen LogP contribution in [0.25, 0.3) is 0 Å². The molecule has 14 heavy (non-hydrogen) atoms. The zero-order chi connectivity index (χ0) is 10.4. The molecule has 0 aliphatic rings. The molecule has 1 heterocycles. The number of hydrogen-bond acceptors (Lipinski definition) is 4. The Kier molecular flexibility index (Phi) is 4.19. The van der Waals surface area contributed by atoms with Crippen molar-refractivity contribution in [2.24, 2.45) is 0 Å². The van der Waals surface area contributed by atoms with Gasteiger partial charge in [0.05, 0.1) is 6.61 Å². The third-order valence-electron chi connectivity index (χ3n) is 1.98. The van der Waals surface area contributed by atoms with Crippen molar-refractivity contribution in [2.75, 3.05) is 37.4 Å². The second-order valence-corrected chi connectivity index (χ2v) is 3.06. The molecular formula is C10H17N3O. The lowest BCUT2D eigenvalue weighted by Crippen LogP contribution is -2.22. The maximum absolute atomic E-state index is 5.58. The van der Waals surface area contributed by atoms with Crippen molar-refractivity contribution in [3.63, 3.8) is 0 Å². The van der Waals surface area contributed by atoms with Crippen LogP contribution in [0.1, 0.15) is 6.92 Å². The molecular weight excluding hydrogens is 178 g/mol. The van der Waals surface area contributed by atoms with Crippen LogP contribution < -0.4 is 10.6 Å². The second kappa shape index (κ2) is 5.44. The first-order valence-corrected chi connectivity index (χ1v) is 4.74. The zero-order valence-electron chi connectivity index (χ0n) is 8.73. The van der Waals surface area contributed by atoms with Crippen molar-refractivity contribution in [1.29, 1.82) is 0 Å². The molecule has 1 aromatic rings. The Hall–Kier alpha value is -1.29. The van der Waals surface area contributed by atoms with Gasteiger partial charge in [-0.1, -0.05) is 0 Å². The molecule has 1 rings (SSSR count). The van der Waals surface area contributed by atoms with Gasteiger partial charge in [0.25, 0.3) is 0 Å². The summed E-state index contributed by atoms with van der Waals surface area (Å²) in [6, 6.07) is 3.79. The molecule has 0 unspecified atom stereocenters. The topological polar surface area (TPSA) is 51.4 Å². The van der Waals surface area contributed by atoms with Crippen molar-refractivity contribution in [1.82, 2.24) is 4.98 Å². The smallest absolute Gasteiger partial charge is 0.125 e. The number of hydrogen-bond donors (Lipinski definition) is 1. The molecule has 4 nitrogen and oxygen atoms in total. The van der Waals surface area contributed by atoms with Crippen LogP contribution in [-0.2, 0) is 4.74 Å². The van der Waals surface area contributed by atoms with E-state index in [1.165, 1.54) is 0 Å². The largest absolute Gasteiger partial charge is 0.384 e. The van der Waals surface area contributed by atoms with Crippen LogP contribution in [0.3, 0.4) is 0 Å². The highest BCUT2D eigenvalue weighted by Crippen LogP contribution is 2.13. The molecule has 0 spiro atoms. The molecule has 4 heteroatoms. The summed E-state index contributed by atoms with van der Waals surface area (Å²) in [5, 5.41) is 0. The summed E-state index contributed by atoms with van der Waals surface area (Å²) in [6.07, 6.45) is 1.71. The molecule has 0 aliphatic heterocycles. The van der Waals surface area contributed by atoms with Gasteiger partial charge < -0.3 is 15.4 Å². The van der Waals surface area contributed by atoms with Gasteiger partial charge >= 0.3 is 0 Å². The van der Waals surface area contributed by atoms with Crippen molar-refractivity contribution in [3.05, 3.63) is 18.3 Å². The summed E-state index contributed by atoms with van der Waals surface area (Å²) in [6.45, 7) is 4.34. The molecule has 2 N–H and O–H groups in total. The van der Waals surface area contributed by atoms with E-state index in [-0.39, 0.29) is 0 Å². The number of ether oxygens (including phenoxy) is 1. The summed E-state index contributed by atoms with van der Waals surface area (Å²) in [5.41, 5.74) is 6.65. The Balaban J connectivity index is 2.47. The van der Waals surface area contributed by atoms with E-state index in [9.17, 15) is 0 Å². The van der Waals surface area contributed by atoms with Gasteiger partial charge in [0.1, 0.15) is 5.82 Å². The fourth-order valence-electron chi connectivity index (χ4n) is 1.15. The van der Waals surface area contributed by atoms with E-state index in [4.69, 9.17) is 10.5 Å². The van der Waals surface area contributed by atoms with Crippen LogP contribution in [-0.4, -0.2) is 31.8 Å². The van der Waals surface area contributed by atoms with Crippen LogP contribution in [0.5, 0.6) is 0 Å². The molecule has 0 aromatic carbocycles. The molecule has 0 radical (unpaired) electrons. The van der Waals surface area contributed by atoms with Gasteiger partial charge in [0.15, 0.2) is 0 Å². The van der Waals surface area contributed by atoms with E-state index in [0.29, 0.717) is 5.82 Å². The molecule has 0 aliphatic carbocycles. The first-order valence-electron chi connectivity index (χ1n) is 4.74. The third kappa shape index (κ3) is 3.22. The summed E-state index contributed by atoms with van der Waals surface area (Å²) in [5.74, 6) is 0.547. The van der Waals surface area contributed by atoms with Crippen molar-refractivity contribution in [3.8, 4) is 0 Å². The first-order chi connectivity index (χ1) is 6.74. The Morgan fingerprint density at radius 2 is 2.36 bits per heavy atom. The van der Waals surface area contributed by atoms with Crippen LogP contribution in [0, 0.1) is 0 Å². The lowest BCUT2D eigenvalue weighted by atomic mass is 10.3. The lowest BCUT2D eigenvalue weighted by Gasteiger charge is -2.18. The summed E-state index contributed by atoms with van der Waals surface area (Å²) in [7, 11) is 2.01. The number of nitrogens with zero attached hydrogens (tertiary/aromatic N) is 2. The van der Waals surface area contributed by atoms with E-state index < -0.39 is 0 Å². The van der Waals surface area contributed by atoms with Crippen molar-refractivity contribution >= 4 is 11.5 Å². The van der Waals surface area contributed by atoms with E-state index >= 15 is 0 Å². The number of rotatable bonds is 5. The molecule has 0 saturated carbocycles. The Labute approximate surface area is 84.7 Å². The molecule has 0 amide bonds. The Morgan fingerprint density at radius 1 is 1.57 bits per heavy atom. The normalized spacial score (nSPS) is 10.1. The number of nitrogen functional groups attached to an aromatic ring is 1. The lowest BCUT2D eigenvalue weighted by molar-refractivity contribution is 0.154. The SMILES string of the molecule is CCOCCN(C)c1ccnc(N)c1. The minimum Gasteiger partial charge on any atom is -0.384 e. The van der Waals surface area contributed by atoms with Crippen LogP contribution in [0.4, 0.5) is 11.5 Å². The maximum atomic E-state index is 5.58. The summed E-state index contributed by atoms with van der Waals surface area (Å²) >= 11 is 0. The van der Waals surface area contributed by atoms with E-state index in [0.717, 1.165) is 25.4 Å². The highest BCUT2D eigenvalue weighted by Gasteiger charge is 2.00. The highest BCUT2D eigenvalue weighted by atomic mass is 16.5. The number of likely N-dealkylation sites (N-methyl/N-ethyl adjacent to an activating group) is 1. The quantitative estimate of drug-likeness (QED) is 0.716. The monoisotopic (exact) mass is 195 g/mol. The summed E-state index contributed by atoms with van der Waals surface area (Å²) in [4.78, 5) is 6.03. The van der Waals surface area contributed by atoms with Crippen LogP contribution >= 0.6 is 0 Å². The predicted molar refractivity (Wildman–Crippen MR) is 58.4 cm³/mol. The first kappa shape index (κ1) is 10.8. The van der Waals surface area contributed by atoms with Crippen molar-refractivity contribution in [2.45, 2.75) is 6.92 Å². The van der Waals surface area contributed by atoms with E-state index in [1.54, 1.807) is 6.20 Å². The standard InChI is InChI=1S/C10H17N3O/c1-3-14-7-6-13(2)9-4-5-12-10(11)8-9/h4-5,8H,3,6-7H2,1-2H3,(H2,11,12). The van der Waals surface area contributed by atoms with Crippen LogP contribution in [0.2, 0.25) is 0 Å². The number of nitrogens with two attached hydrogens (primary N) is 1. The fraction of sp³-hybridized carbons (Fsp3) is 0.500. The van der Waals surface area contributed by atoms with Gasteiger partial charge in [0, 0.05) is 38.1 Å². The molecule has 0 fully saturated rings. The predicted octanol–water partition coefficient (Wildman–Crippen LogP) is 1.14. The van der Waals surface area contributed by atoms with E-state index in [2.05, 4.69) is 9.88 Å². The molecule has 0 atom stereocenters. The number of aromatic nitrogens is 1. The van der Waals surface area contributed by atoms with Gasteiger partial charge in [-0.2, -0.15) is 0 Å². The van der Waals surface area contributed by atoms with Gasteiger partial charge in [-0.05, 0) is 13.0 Å².